The van der Waals surface area contributed by atoms with Gasteiger partial charge in [-0.15, -0.1) is 6.58 Å². The van der Waals surface area contributed by atoms with Crippen LogP contribution in [0, 0.1) is 0 Å². The van der Waals surface area contributed by atoms with Crippen molar-refractivity contribution in [3.8, 4) is 0 Å². The Kier molecular flexibility index (Phi) is 9.54. The van der Waals surface area contributed by atoms with Crippen LogP contribution in [0.25, 0.3) is 0 Å². The summed E-state index contributed by atoms with van der Waals surface area (Å²) < 4.78 is 0. The Morgan fingerprint density at radius 2 is 1.93 bits per heavy atom. The Morgan fingerprint density at radius 1 is 1.14 bits per heavy atom. The standard InChI is InChI=1S/C26H36N2/c1-4-7-9-12-22-15-18-25(28-26(27)19-22)20-24(10-6-3)23-16-13-21(14-17-23)11-8-5-2/h5,9,12-17,20,24H,2,4,6-8,10-11,18-19H2,1,3H3,(H2,27,28)/b12-9+,25-20+. The SMILES string of the molecule is C=CCCc1ccc(C(/C=C2\CC=C(/C=C/CCC)CC(N)=N2)CCC)cc1. The lowest BCUT2D eigenvalue weighted by Crippen LogP contribution is -2.11. The second-order valence-corrected chi connectivity index (χ2v) is 7.58. The Morgan fingerprint density at radius 3 is 2.61 bits per heavy atom. The summed E-state index contributed by atoms with van der Waals surface area (Å²) in [6.45, 7) is 8.25. The number of unbranched alkanes of at least 4 members (excludes halogenated alkanes) is 1. The van der Waals surface area contributed by atoms with Gasteiger partial charge in [-0.25, -0.2) is 4.99 Å². The topological polar surface area (TPSA) is 38.4 Å². The largest absolute Gasteiger partial charge is 0.387 e. The van der Waals surface area contributed by atoms with Gasteiger partial charge in [0.2, 0.25) is 0 Å². The van der Waals surface area contributed by atoms with Crippen LogP contribution in [0.3, 0.4) is 0 Å². The molecule has 0 amide bonds. The van der Waals surface area contributed by atoms with Crippen LogP contribution >= 0.6 is 0 Å². The maximum atomic E-state index is 6.20. The molecule has 1 aromatic rings. The quantitative estimate of drug-likeness (QED) is 0.438. The van der Waals surface area contributed by atoms with E-state index in [2.05, 4.69) is 69.0 Å². The third kappa shape index (κ3) is 7.34. The Hall–Kier alpha value is -2.35. The molecule has 0 spiro atoms. The van der Waals surface area contributed by atoms with Gasteiger partial charge in [-0.2, -0.15) is 0 Å². The van der Waals surface area contributed by atoms with Crippen LogP contribution in [0.4, 0.5) is 0 Å². The van der Waals surface area contributed by atoms with Crippen LogP contribution in [-0.2, 0) is 6.42 Å². The minimum absolute atomic E-state index is 0.385. The lowest BCUT2D eigenvalue weighted by atomic mass is 9.92. The highest BCUT2D eigenvalue weighted by atomic mass is 14.9. The molecule has 2 rings (SSSR count). The lowest BCUT2D eigenvalue weighted by Gasteiger charge is -2.14. The zero-order valence-electron chi connectivity index (χ0n) is 17.7. The second kappa shape index (κ2) is 12.2. The van der Waals surface area contributed by atoms with Gasteiger partial charge in [0.15, 0.2) is 0 Å². The van der Waals surface area contributed by atoms with Gasteiger partial charge in [0.05, 0.1) is 0 Å². The number of benzene rings is 1. The van der Waals surface area contributed by atoms with Crippen molar-refractivity contribution in [2.75, 3.05) is 0 Å². The number of aryl methyl sites for hydroxylation is 1. The third-order valence-corrected chi connectivity index (χ3v) is 5.07. The summed E-state index contributed by atoms with van der Waals surface area (Å²) >= 11 is 0. The van der Waals surface area contributed by atoms with E-state index in [1.165, 1.54) is 23.1 Å². The molecule has 1 atom stereocenters. The molecule has 0 aromatic heterocycles. The Labute approximate surface area is 171 Å². The summed E-state index contributed by atoms with van der Waals surface area (Å²) in [7, 11) is 0. The monoisotopic (exact) mass is 376 g/mol. The fourth-order valence-corrected chi connectivity index (χ4v) is 3.51. The average Bonchev–Trinajstić information content (AvgIpc) is 2.87. The highest BCUT2D eigenvalue weighted by Crippen LogP contribution is 2.27. The molecule has 2 heteroatoms. The van der Waals surface area contributed by atoms with Crippen molar-refractivity contribution >= 4 is 5.84 Å². The number of aliphatic imine (C=N–C) groups is 1. The van der Waals surface area contributed by atoms with Crippen molar-refractivity contribution in [1.82, 2.24) is 0 Å². The molecule has 28 heavy (non-hydrogen) atoms. The van der Waals surface area contributed by atoms with Gasteiger partial charge in [-0.1, -0.05) is 81.3 Å². The van der Waals surface area contributed by atoms with E-state index in [1.807, 2.05) is 6.08 Å². The molecule has 0 bridgehead atoms. The van der Waals surface area contributed by atoms with Gasteiger partial charge in [0, 0.05) is 24.5 Å². The molecule has 0 fully saturated rings. The van der Waals surface area contributed by atoms with Crippen LogP contribution < -0.4 is 5.73 Å². The van der Waals surface area contributed by atoms with Crippen LogP contribution in [0.5, 0.6) is 0 Å². The minimum atomic E-state index is 0.385. The van der Waals surface area contributed by atoms with Crippen molar-refractivity contribution in [3.05, 3.63) is 83.6 Å². The first-order valence-corrected chi connectivity index (χ1v) is 10.7. The minimum Gasteiger partial charge on any atom is -0.387 e. The van der Waals surface area contributed by atoms with Gasteiger partial charge < -0.3 is 5.73 Å². The number of rotatable bonds is 10. The lowest BCUT2D eigenvalue weighted by molar-refractivity contribution is 0.710. The number of nitrogens with zero attached hydrogens (tertiary/aromatic N) is 1. The van der Waals surface area contributed by atoms with E-state index in [1.54, 1.807) is 0 Å². The van der Waals surface area contributed by atoms with Crippen LogP contribution in [-0.4, -0.2) is 5.84 Å². The Balaban J connectivity index is 2.18. The zero-order chi connectivity index (χ0) is 20.2. The number of hydrogen-bond acceptors (Lipinski definition) is 2. The molecule has 1 aromatic carbocycles. The van der Waals surface area contributed by atoms with E-state index in [4.69, 9.17) is 10.7 Å². The van der Waals surface area contributed by atoms with E-state index in [0.717, 1.165) is 50.6 Å². The molecule has 2 N–H and O–H groups in total. The van der Waals surface area contributed by atoms with E-state index < -0.39 is 0 Å². The van der Waals surface area contributed by atoms with Gasteiger partial charge in [0.25, 0.3) is 0 Å². The van der Waals surface area contributed by atoms with Gasteiger partial charge >= 0.3 is 0 Å². The van der Waals surface area contributed by atoms with Crippen LogP contribution in [0.15, 0.2) is 77.5 Å². The number of hydrogen-bond donors (Lipinski definition) is 1. The van der Waals surface area contributed by atoms with Crippen molar-refractivity contribution in [1.29, 1.82) is 0 Å². The normalized spacial score (nSPS) is 17.3. The van der Waals surface area contributed by atoms with Crippen molar-refractivity contribution in [2.24, 2.45) is 10.7 Å². The molecule has 2 nitrogen and oxygen atoms in total. The number of allylic oxidation sites excluding steroid dienone is 5. The van der Waals surface area contributed by atoms with Gasteiger partial charge in [-0.05, 0) is 42.4 Å². The van der Waals surface area contributed by atoms with Crippen molar-refractivity contribution in [3.63, 3.8) is 0 Å². The molecule has 0 saturated heterocycles. The van der Waals surface area contributed by atoms with E-state index in [-0.39, 0.29) is 0 Å². The molecule has 0 radical (unpaired) electrons. The molecule has 1 unspecified atom stereocenters. The molecule has 150 valence electrons. The summed E-state index contributed by atoms with van der Waals surface area (Å²) in [6.07, 6.45) is 19.3. The number of nitrogens with two attached hydrogens (primary N) is 1. The zero-order valence-corrected chi connectivity index (χ0v) is 17.7. The molecular weight excluding hydrogens is 340 g/mol. The number of amidine groups is 1. The fourth-order valence-electron chi connectivity index (χ4n) is 3.51. The highest BCUT2D eigenvalue weighted by molar-refractivity contribution is 5.84. The first-order valence-electron chi connectivity index (χ1n) is 10.7. The molecule has 0 saturated carbocycles. The van der Waals surface area contributed by atoms with Crippen molar-refractivity contribution in [2.45, 2.75) is 71.1 Å². The molecule has 1 aliphatic rings. The average molecular weight is 377 g/mol. The maximum absolute atomic E-state index is 6.20. The predicted octanol–water partition coefficient (Wildman–Crippen LogP) is 7.01. The molecule has 0 aliphatic carbocycles. The summed E-state index contributed by atoms with van der Waals surface area (Å²) in [6, 6.07) is 9.05. The second-order valence-electron chi connectivity index (χ2n) is 7.58. The summed E-state index contributed by atoms with van der Waals surface area (Å²) in [5.41, 5.74) is 11.3. The van der Waals surface area contributed by atoms with Gasteiger partial charge in [-0.3, -0.25) is 0 Å². The molecule has 1 aliphatic heterocycles. The van der Waals surface area contributed by atoms with Crippen LogP contribution in [0.2, 0.25) is 0 Å². The predicted molar refractivity (Wildman–Crippen MR) is 124 cm³/mol. The summed E-state index contributed by atoms with van der Waals surface area (Å²) in [5, 5.41) is 0. The highest BCUT2D eigenvalue weighted by Gasteiger charge is 2.12. The van der Waals surface area contributed by atoms with E-state index >= 15 is 0 Å². The van der Waals surface area contributed by atoms with E-state index in [9.17, 15) is 0 Å². The first-order chi connectivity index (χ1) is 13.7. The maximum Gasteiger partial charge on any atom is 0.104 e. The molecule has 1 heterocycles. The van der Waals surface area contributed by atoms with Crippen LogP contribution in [0.1, 0.15) is 75.8 Å². The summed E-state index contributed by atoms with van der Waals surface area (Å²) in [5.74, 6) is 1.10. The molecular formula is C26H36N2. The van der Waals surface area contributed by atoms with Gasteiger partial charge in [0.1, 0.15) is 5.84 Å². The first kappa shape index (κ1) is 21.9. The fraction of sp³-hybridized carbons (Fsp3) is 0.423. The van der Waals surface area contributed by atoms with Crippen molar-refractivity contribution < 1.29 is 0 Å². The third-order valence-electron chi connectivity index (χ3n) is 5.07. The Bertz CT molecular complexity index is 732. The smallest absolute Gasteiger partial charge is 0.104 e. The van der Waals surface area contributed by atoms with E-state index in [0.29, 0.717) is 11.8 Å². The summed E-state index contributed by atoms with van der Waals surface area (Å²) in [4.78, 5) is 4.72.